The Kier molecular flexibility index (Phi) is 6.33. The van der Waals surface area contributed by atoms with Gasteiger partial charge in [-0.15, -0.1) is 0 Å². The van der Waals surface area contributed by atoms with Crippen LogP contribution in [0, 0.1) is 0 Å². The smallest absolute Gasteiger partial charge is 0.314 e. The zero-order valence-electron chi connectivity index (χ0n) is 16.4. The first kappa shape index (κ1) is 20.2. The van der Waals surface area contributed by atoms with E-state index in [0.717, 1.165) is 10.5 Å². The van der Waals surface area contributed by atoms with Crippen molar-refractivity contribution in [3.8, 4) is 11.5 Å². The first-order valence-electron chi connectivity index (χ1n) is 9.23. The molecular formula is C21H23N3O5. The van der Waals surface area contributed by atoms with Gasteiger partial charge in [0.2, 0.25) is 0 Å². The summed E-state index contributed by atoms with van der Waals surface area (Å²) in [5.74, 6) is 0.619. The summed E-state index contributed by atoms with van der Waals surface area (Å²) in [5, 5.41) is 5.42. The molecule has 3 rings (SSSR count). The lowest BCUT2D eigenvalue weighted by Gasteiger charge is -2.14. The predicted octanol–water partition coefficient (Wildman–Crippen LogP) is 1.84. The Morgan fingerprint density at radius 3 is 2.14 bits per heavy atom. The summed E-state index contributed by atoms with van der Waals surface area (Å²) >= 11 is 0. The number of carbonyl (C=O) groups is 3. The maximum atomic E-state index is 12.3. The van der Waals surface area contributed by atoms with Gasteiger partial charge in [-0.25, -0.2) is 4.79 Å². The van der Waals surface area contributed by atoms with Gasteiger partial charge < -0.3 is 20.1 Å². The number of benzene rings is 2. The molecule has 0 unspecified atom stereocenters. The van der Waals surface area contributed by atoms with E-state index >= 15 is 0 Å². The van der Waals surface area contributed by atoms with Crippen molar-refractivity contribution in [1.82, 2.24) is 15.5 Å². The molecule has 8 heteroatoms. The topological polar surface area (TPSA) is 97.0 Å². The van der Waals surface area contributed by atoms with Crippen molar-refractivity contribution in [2.45, 2.75) is 6.42 Å². The fourth-order valence-corrected chi connectivity index (χ4v) is 3.14. The van der Waals surface area contributed by atoms with E-state index in [9.17, 15) is 14.4 Å². The first-order chi connectivity index (χ1) is 14.0. The maximum Gasteiger partial charge on any atom is 0.314 e. The molecule has 1 heterocycles. The van der Waals surface area contributed by atoms with Crippen LogP contribution in [0.25, 0.3) is 0 Å². The Morgan fingerprint density at radius 1 is 0.897 bits per heavy atom. The largest absolute Gasteiger partial charge is 0.493 e. The molecule has 2 aromatic carbocycles. The van der Waals surface area contributed by atoms with Gasteiger partial charge in [-0.1, -0.05) is 18.2 Å². The van der Waals surface area contributed by atoms with Gasteiger partial charge in [-0.05, 0) is 36.2 Å². The highest BCUT2D eigenvalue weighted by Gasteiger charge is 2.34. The molecule has 29 heavy (non-hydrogen) atoms. The van der Waals surface area contributed by atoms with Crippen LogP contribution in [0.5, 0.6) is 11.5 Å². The van der Waals surface area contributed by atoms with Crippen LogP contribution < -0.4 is 20.1 Å². The fourth-order valence-electron chi connectivity index (χ4n) is 3.14. The number of carbonyl (C=O) groups excluding carboxylic acids is 3. The number of hydrogen-bond donors (Lipinski definition) is 2. The molecule has 4 amide bonds. The van der Waals surface area contributed by atoms with E-state index in [1.54, 1.807) is 38.5 Å². The van der Waals surface area contributed by atoms with Crippen molar-refractivity contribution in [2.24, 2.45) is 0 Å². The van der Waals surface area contributed by atoms with Crippen LogP contribution in [-0.2, 0) is 6.42 Å². The second-order valence-electron chi connectivity index (χ2n) is 6.43. The minimum Gasteiger partial charge on any atom is -0.493 e. The first-order valence-corrected chi connectivity index (χ1v) is 9.23. The van der Waals surface area contributed by atoms with Crippen molar-refractivity contribution in [3.05, 3.63) is 59.2 Å². The molecule has 0 atom stereocenters. The Balaban J connectivity index is 1.41. The molecule has 152 valence electrons. The molecule has 0 radical (unpaired) electrons. The Bertz CT molecular complexity index is 893. The van der Waals surface area contributed by atoms with E-state index in [1.165, 1.54) is 0 Å². The SMILES string of the molecule is COc1ccc(CCNC(=O)NCCN2C(=O)c3ccccc3C2=O)cc1OC. The van der Waals surface area contributed by atoms with Gasteiger partial charge in [-0.2, -0.15) is 0 Å². The summed E-state index contributed by atoms with van der Waals surface area (Å²) in [7, 11) is 3.15. The highest BCUT2D eigenvalue weighted by atomic mass is 16.5. The number of ether oxygens (including phenoxy) is 2. The summed E-state index contributed by atoms with van der Waals surface area (Å²) in [6.07, 6.45) is 0.617. The quantitative estimate of drug-likeness (QED) is 0.663. The molecule has 0 saturated heterocycles. The predicted molar refractivity (Wildman–Crippen MR) is 106 cm³/mol. The minimum atomic E-state index is -0.359. The van der Waals surface area contributed by atoms with Crippen LogP contribution in [0.3, 0.4) is 0 Å². The third-order valence-electron chi connectivity index (χ3n) is 4.65. The van der Waals surface area contributed by atoms with E-state index in [4.69, 9.17) is 9.47 Å². The van der Waals surface area contributed by atoms with Crippen LogP contribution in [0.1, 0.15) is 26.3 Å². The number of hydrogen-bond acceptors (Lipinski definition) is 5. The van der Waals surface area contributed by atoms with Crippen LogP contribution >= 0.6 is 0 Å². The molecule has 8 nitrogen and oxygen atoms in total. The zero-order valence-corrected chi connectivity index (χ0v) is 16.4. The number of nitrogens with zero attached hydrogens (tertiary/aromatic N) is 1. The van der Waals surface area contributed by atoms with Crippen molar-refractivity contribution in [3.63, 3.8) is 0 Å². The fraction of sp³-hybridized carbons (Fsp3) is 0.286. The van der Waals surface area contributed by atoms with Crippen LogP contribution in [-0.4, -0.2) is 56.6 Å². The Morgan fingerprint density at radius 2 is 1.52 bits per heavy atom. The standard InChI is InChI=1S/C21H23N3O5/c1-28-17-8-7-14(13-18(17)29-2)9-10-22-21(27)23-11-12-24-19(25)15-5-3-4-6-16(15)20(24)26/h3-8,13H,9-12H2,1-2H3,(H2,22,23,27). The van der Waals surface area contributed by atoms with Crippen molar-refractivity contribution < 1.29 is 23.9 Å². The van der Waals surface area contributed by atoms with Gasteiger partial charge >= 0.3 is 6.03 Å². The van der Waals surface area contributed by atoms with Crippen molar-refractivity contribution >= 4 is 17.8 Å². The van der Waals surface area contributed by atoms with Gasteiger partial charge in [0.1, 0.15) is 0 Å². The van der Waals surface area contributed by atoms with Crippen LogP contribution in [0.4, 0.5) is 4.79 Å². The Hall–Kier alpha value is -3.55. The highest BCUT2D eigenvalue weighted by molar-refractivity contribution is 6.21. The maximum absolute atomic E-state index is 12.3. The van der Waals surface area contributed by atoms with Crippen LogP contribution in [0.2, 0.25) is 0 Å². The number of fused-ring (bicyclic) bond motifs is 1. The highest BCUT2D eigenvalue weighted by Crippen LogP contribution is 2.27. The summed E-state index contributed by atoms with van der Waals surface area (Å²) in [5.41, 5.74) is 1.79. The molecule has 2 aromatic rings. The Labute approximate surface area is 168 Å². The molecule has 0 saturated carbocycles. The molecular weight excluding hydrogens is 374 g/mol. The monoisotopic (exact) mass is 397 g/mol. The van der Waals surface area contributed by atoms with Crippen molar-refractivity contribution in [1.29, 1.82) is 0 Å². The molecule has 0 aromatic heterocycles. The number of urea groups is 1. The molecule has 1 aliphatic heterocycles. The molecule has 0 fully saturated rings. The molecule has 0 aliphatic carbocycles. The molecule has 0 bridgehead atoms. The summed E-state index contributed by atoms with van der Waals surface area (Å²) in [6.45, 7) is 0.720. The summed E-state index contributed by atoms with van der Waals surface area (Å²) in [4.78, 5) is 37.6. The van der Waals surface area contributed by atoms with E-state index in [1.807, 2.05) is 18.2 Å². The second kappa shape index (κ2) is 9.09. The van der Waals surface area contributed by atoms with E-state index < -0.39 is 0 Å². The number of amides is 4. The lowest BCUT2D eigenvalue weighted by Crippen LogP contribution is -2.42. The van der Waals surface area contributed by atoms with Gasteiger partial charge in [0, 0.05) is 19.6 Å². The minimum absolute atomic E-state index is 0.120. The van der Waals surface area contributed by atoms with E-state index in [2.05, 4.69) is 10.6 Å². The number of imide groups is 1. The van der Waals surface area contributed by atoms with E-state index in [-0.39, 0.29) is 30.9 Å². The third-order valence-corrected chi connectivity index (χ3v) is 4.65. The molecule has 0 spiro atoms. The lowest BCUT2D eigenvalue weighted by molar-refractivity contribution is 0.0656. The van der Waals surface area contributed by atoms with Gasteiger partial charge in [0.05, 0.1) is 25.3 Å². The van der Waals surface area contributed by atoms with Gasteiger partial charge in [0.25, 0.3) is 11.8 Å². The second-order valence-corrected chi connectivity index (χ2v) is 6.43. The zero-order chi connectivity index (χ0) is 20.8. The molecule has 1 aliphatic rings. The number of rotatable bonds is 8. The molecule has 2 N–H and O–H groups in total. The van der Waals surface area contributed by atoms with E-state index in [0.29, 0.717) is 35.6 Å². The number of methoxy groups -OCH3 is 2. The van der Waals surface area contributed by atoms with Crippen LogP contribution in [0.15, 0.2) is 42.5 Å². The van der Waals surface area contributed by atoms with Crippen molar-refractivity contribution in [2.75, 3.05) is 33.9 Å². The lowest BCUT2D eigenvalue weighted by atomic mass is 10.1. The average molecular weight is 397 g/mol. The third kappa shape index (κ3) is 4.48. The summed E-state index contributed by atoms with van der Waals surface area (Å²) < 4.78 is 10.5. The normalized spacial score (nSPS) is 12.6. The van der Waals surface area contributed by atoms with Gasteiger partial charge in [-0.3, -0.25) is 14.5 Å². The summed E-state index contributed by atoms with van der Waals surface area (Å²) in [6, 6.07) is 11.9. The van der Waals surface area contributed by atoms with Gasteiger partial charge in [0.15, 0.2) is 11.5 Å². The number of nitrogens with one attached hydrogen (secondary N) is 2. The average Bonchev–Trinajstić information content (AvgIpc) is 2.98.